The lowest BCUT2D eigenvalue weighted by Crippen LogP contribution is -2.28. The number of hydrogen-bond acceptors (Lipinski definition) is 5. The Morgan fingerprint density at radius 2 is 0.771 bits per heavy atom. The summed E-state index contributed by atoms with van der Waals surface area (Å²) in [6.07, 6.45) is 45.6. The molecule has 0 heterocycles. The summed E-state index contributed by atoms with van der Waals surface area (Å²) in [7, 11) is 0. The Labute approximate surface area is 299 Å². The van der Waals surface area contributed by atoms with E-state index in [0.29, 0.717) is 12.8 Å². The van der Waals surface area contributed by atoms with Gasteiger partial charge in [0, 0.05) is 12.8 Å². The van der Waals surface area contributed by atoms with Crippen molar-refractivity contribution in [3.05, 3.63) is 12.2 Å². The molecule has 0 saturated heterocycles. The smallest absolute Gasteiger partial charge is 0.306 e. The van der Waals surface area contributed by atoms with Crippen LogP contribution in [0.15, 0.2) is 12.2 Å². The molecule has 0 aliphatic heterocycles. The molecule has 5 nitrogen and oxygen atoms in total. The average molecular weight is 679 g/mol. The van der Waals surface area contributed by atoms with E-state index in [1.165, 1.54) is 173 Å². The maximum atomic E-state index is 12.2. The van der Waals surface area contributed by atoms with Crippen molar-refractivity contribution in [1.82, 2.24) is 0 Å². The monoisotopic (exact) mass is 679 g/mol. The molecule has 0 bridgehead atoms. The Morgan fingerprint density at radius 1 is 0.458 bits per heavy atom. The molecular formula is C43H82O5. The lowest BCUT2D eigenvalue weighted by Gasteiger charge is -2.15. The van der Waals surface area contributed by atoms with Crippen LogP contribution in [0.3, 0.4) is 0 Å². The zero-order chi connectivity index (χ0) is 35.0. The van der Waals surface area contributed by atoms with E-state index < -0.39 is 6.10 Å². The molecule has 48 heavy (non-hydrogen) atoms. The van der Waals surface area contributed by atoms with Crippen molar-refractivity contribution in [1.29, 1.82) is 0 Å². The molecule has 0 spiro atoms. The molecule has 0 aliphatic carbocycles. The van der Waals surface area contributed by atoms with Gasteiger partial charge in [0.1, 0.15) is 6.61 Å². The van der Waals surface area contributed by atoms with Gasteiger partial charge in [-0.05, 0) is 38.5 Å². The first-order valence-electron chi connectivity index (χ1n) is 21.2. The number of ether oxygens (including phenoxy) is 2. The van der Waals surface area contributed by atoms with Crippen LogP contribution in [0, 0.1) is 0 Å². The fraction of sp³-hybridized carbons (Fsp3) is 0.907. The van der Waals surface area contributed by atoms with E-state index in [4.69, 9.17) is 9.47 Å². The number of carbonyl (C=O) groups excluding carboxylic acids is 2. The minimum atomic E-state index is -0.767. The van der Waals surface area contributed by atoms with Crippen molar-refractivity contribution in [2.75, 3.05) is 13.2 Å². The molecule has 0 saturated carbocycles. The van der Waals surface area contributed by atoms with E-state index in [2.05, 4.69) is 26.0 Å². The van der Waals surface area contributed by atoms with E-state index in [9.17, 15) is 14.7 Å². The molecule has 0 aliphatic rings. The van der Waals surface area contributed by atoms with Gasteiger partial charge in [-0.1, -0.05) is 193 Å². The first kappa shape index (κ1) is 46.6. The first-order valence-corrected chi connectivity index (χ1v) is 21.2. The highest BCUT2D eigenvalue weighted by atomic mass is 16.6. The number of unbranched alkanes of at least 4 members (excludes halogenated alkanes) is 29. The quantitative estimate of drug-likeness (QED) is 0.0398. The van der Waals surface area contributed by atoms with Crippen LogP contribution in [0.5, 0.6) is 0 Å². The normalized spacial score (nSPS) is 12.1. The molecule has 0 aromatic heterocycles. The van der Waals surface area contributed by atoms with Crippen molar-refractivity contribution >= 4 is 11.9 Å². The molecule has 0 fully saturated rings. The minimum Gasteiger partial charge on any atom is -0.462 e. The molecular weight excluding hydrogens is 596 g/mol. The van der Waals surface area contributed by atoms with Crippen molar-refractivity contribution in [3.63, 3.8) is 0 Å². The summed E-state index contributed by atoms with van der Waals surface area (Å²) in [5.74, 6) is -0.583. The third-order valence-corrected chi connectivity index (χ3v) is 9.56. The Hall–Kier alpha value is -1.36. The number of esters is 2. The van der Waals surface area contributed by atoms with Gasteiger partial charge < -0.3 is 14.6 Å². The van der Waals surface area contributed by atoms with Crippen LogP contribution in [0.1, 0.15) is 232 Å². The Bertz CT molecular complexity index is 691. The van der Waals surface area contributed by atoms with Crippen LogP contribution in [0.25, 0.3) is 0 Å². The Kier molecular flexibility index (Phi) is 38.9. The van der Waals surface area contributed by atoms with Gasteiger partial charge in [-0.2, -0.15) is 0 Å². The molecule has 5 heteroatoms. The molecule has 0 amide bonds. The van der Waals surface area contributed by atoms with E-state index in [-0.39, 0.29) is 25.2 Å². The second-order valence-electron chi connectivity index (χ2n) is 14.4. The molecule has 0 aromatic carbocycles. The Morgan fingerprint density at radius 3 is 1.12 bits per heavy atom. The molecule has 0 radical (unpaired) electrons. The summed E-state index contributed by atoms with van der Waals surface area (Å²) in [5, 5.41) is 9.57. The van der Waals surface area contributed by atoms with Gasteiger partial charge in [0.15, 0.2) is 6.10 Å². The van der Waals surface area contributed by atoms with Gasteiger partial charge >= 0.3 is 11.9 Å². The number of aliphatic hydroxyl groups is 1. The second-order valence-corrected chi connectivity index (χ2v) is 14.4. The van der Waals surface area contributed by atoms with Crippen LogP contribution < -0.4 is 0 Å². The summed E-state index contributed by atoms with van der Waals surface area (Å²) in [6, 6.07) is 0. The lowest BCUT2D eigenvalue weighted by atomic mass is 10.0. The zero-order valence-corrected chi connectivity index (χ0v) is 32.3. The van der Waals surface area contributed by atoms with Crippen LogP contribution in [-0.4, -0.2) is 36.4 Å². The predicted octanol–water partition coefficient (Wildman–Crippen LogP) is 13.3. The van der Waals surface area contributed by atoms with E-state index in [0.717, 1.165) is 32.1 Å². The van der Waals surface area contributed by atoms with Crippen molar-refractivity contribution < 1.29 is 24.2 Å². The van der Waals surface area contributed by atoms with Gasteiger partial charge in [0.05, 0.1) is 6.61 Å². The van der Waals surface area contributed by atoms with Gasteiger partial charge in [0.25, 0.3) is 0 Å². The molecule has 0 unspecified atom stereocenters. The SMILES string of the molecule is CCCCCCCC/C=C/CCCCCCCCCC(=O)O[C@@H](CO)COC(=O)CCCCCCCCCCCCCCCCCCC. The first-order chi connectivity index (χ1) is 23.6. The Balaban J connectivity index is 3.50. The van der Waals surface area contributed by atoms with E-state index in [1.54, 1.807) is 0 Å². The second kappa shape index (κ2) is 40.1. The minimum absolute atomic E-state index is 0.0612. The van der Waals surface area contributed by atoms with Crippen LogP contribution in [0.2, 0.25) is 0 Å². The third kappa shape index (κ3) is 37.5. The van der Waals surface area contributed by atoms with Crippen molar-refractivity contribution in [3.8, 4) is 0 Å². The highest BCUT2D eigenvalue weighted by molar-refractivity contribution is 5.70. The van der Waals surface area contributed by atoms with Gasteiger partial charge in [-0.3, -0.25) is 9.59 Å². The molecule has 0 aromatic rings. The molecule has 284 valence electrons. The van der Waals surface area contributed by atoms with Crippen molar-refractivity contribution in [2.24, 2.45) is 0 Å². The standard InChI is InChI=1S/C43H82O5/c1-3-5-7-9-11-13-15-17-19-21-23-25-27-29-31-33-35-37-42(45)47-40-41(39-44)48-43(46)38-36-34-32-30-28-26-24-22-20-18-16-14-12-10-8-6-4-2/h18,20,41,44H,3-17,19,21-40H2,1-2H3/b20-18+/t41-/m0/s1. The topological polar surface area (TPSA) is 72.8 Å². The maximum Gasteiger partial charge on any atom is 0.306 e. The summed E-state index contributed by atoms with van der Waals surface area (Å²) >= 11 is 0. The summed E-state index contributed by atoms with van der Waals surface area (Å²) < 4.78 is 10.6. The maximum absolute atomic E-state index is 12.2. The van der Waals surface area contributed by atoms with E-state index >= 15 is 0 Å². The number of hydrogen-bond donors (Lipinski definition) is 1. The fourth-order valence-electron chi connectivity index (χ4n) is 6.31. The highest BCUT2D eigenvalue weighted by Crippen LogP contribution is 2.15. The lowest BCUT2D eigenvalue weighted by molar-refractivity contribution is -0.161. The van der Waals surface area contributed by atoms with Crippen LogP contribution in [-0.2, 0) is 19.1 Å². The van der Waals surface area contributed by atoms with Gasteiger partial charge in [-0.25, -0.2) is 0 Å². The third-order valence-electron chi connectivity index (χ3n) is 9.56. The summed E-state index contributed by atoms with van der Waals surface area (Å²) in [4.78, 5) is 24.3. The van der Waals surface area contributed by atoms with E-state index in [1.807, 2.05) is 0 Å². The largest absolute Gasteiger partial charge is 0.462 e. The summed E-state index contributed by atoms with van der Waals surface area (Å²) in [6.45, 7) is 4.16. The molecule has 1 N–H and O–H groups in total. The summed E-state index contributed by atoms with van der Waals surface area (Å²) in [5.41, 5.74) is 0. The van der Waals surface area contributed by atoms with Gasteiger partial charge in [-0.15, -0.1) is 0 Å². The van der Waals surface area contributed by atoms with Crippen LogP contribution >= 0.6 is 0 Å². The zero-order valence-electron chi connectivity index (χ0n) is 32.3. The fourth-order valence-corrected chi connectivity index (χ4v) is 6.31. The number of allylic oxidation sites excluding steroid dienone is 2. The molecule has 1 atom stereocenters. The number of rotatable bonds is 39. The number of aliphatic hydroxyl groups excluding tert-OH is 1. The average Bonchev–Trinajstić information content (AvgIpc) is 3.09. The highest BCUT2D eigenvalue weighted by Gasteiger charge is 2.16. The predicted molar refractivity (Wildman–Crippen MR) is 205 cm³/mol. The van der Waals surface area contributed by atoms with Crippen LogP contribution in [0.4, 0.5) is 0 Å². The van der Waals surface area contributed by atoms with Crippen molar-refractivity contribution in [2.45, 2.75) is 238 Å². The molecule has 0 rings (SSSR count). The van der Waals surface area contributed by atoms with Gasteiger partial charge in [0.2, 0.25) is 0 Å². The number of carbonyl (C=O) groups is 2.